The Morgan fingerprint density at radius 1 is 1.19 bits per heavy atom. The lowest BCUT2D eigenvalue weighted by atomic mass is 10.1. The van der Waals surface area contributed by atoms with E-state index < -0.39 is 0 Å². The average Bonchev–Trinajstić information content (AvgIpc) is 3.17. The average molecular weight is 333 g/mol. The monoisotopic (exact) mass is 332 g/mol. The first-order chi connectivity index (χ1) is 10.3. The Hall–Kier alpha value is -1.17. The zero-order chi connectivity index (χ0) is 14.7. The van der Waals surface area contributed by atoms with Gasteiger partial charge in [0, 0.05) is 20.9 Å². The predicted molar refractivity (Wildman–Crippen MR) is 97.1 cm³/mol. The topological polar surface area (TPSA) is 25.8 Å². The molecule has 0 amide bonds. The first-order valence-corrected chi connectivity index (χ1v) is 9.57. The highest BCUT2D eigenvalue weighted by Crippen LogP contribution is 2.37. The first-order valence-electron chi connectivity index (χ1n) is 6.97. The Morgan fingerprint density at radius 2 is 2.05 bits per heavy atom. The first kappa shape index (κ1) is 14.8. The Kier molecular flexibility index (Phi) is 4.73. The molecule has 21 heavy (non-hydrogen) atoms. The summed E-state index contributed by atoms with van der Waals surface area (Å²) in [5.41, 5.74) is 4.47. The minimum absolute atomic E-state index is 1.03. The Bertz CT molecular complexity index is 757. The van der Waals surface area contributed by atoms with Gasteiger partial charge in [0.1, 0.15) is 11.0 Å². The summed E-state index contributed by atoms with van der Waals surface area (Å²) in [6.07, 6.45) is 3.32. The van der Waals surface area contributed by atoms with Crippen LogP contribution in [0.2, 0.25) is 0 Å². The van der Waals surface area contributed by atoms with E-state index in [1.54, 1.807) is 11.3 Å². The predicted octanol–water partition coefficient (Wildman–Crippen LogP) is 5.92. The van der Waals surface area contributed by atoms with E-state index >= 15 is 0 Å². The molecule has 0 aliphatic heterocycles. The van der Waals surface area contributed by atoms with Crippen molar-refractivity contribution in [3.05, 3.63) is 41.3 Å². The van der Waals surface area contributed by atoms with Crippen LogP contribution in [0, 0.1) is 0 Å². The van der Waals surface area contributed by atoms with Gasteiger partial charge in [-0.3, -0.25) is 0 Å². The highest BCUT2D eigenvalue weighted by atomic mass is 32.2. The fourth-order valence-electron chi connectivity index (χ4n) is 2.28. The minimum atomic E-state index is 1.03. The number of thioether (sulfide) groups is 1. The summed E-state index contributed by atoms with van der Waals surface area (Å²) in [7, 11) is 0. The molecule has 0 radical (unpaired) electrons. The molecule has 0 saturated carbocycles. The van der Waals surface area contributed by atoms with E-state index in [4.69, 9.17) is 0 Å². The van der Waals surface area contributed by atoms with Crippen molar-refractivity contribution in [2.24, 2.45) is 0 Å². The third-order valence-corrected chi connectivity index (χ3v) is 5.57. The summed E-state index contributed by atoms with van der Waals surface area (Å²) in [4.78, 5) is 2.57. The summed E-state index contributed by atoms with van der Waals surface area (Å²) in [6.45, 7) is 4.36. The van der Waals surface area contributed by atoms with E-state index in [0.717, 1.165) is 23.2 Å². The zero-order valence-electron chi connectivity index (χ0n) is 12.0. The Morgan fingerprint density at radius 3 is 2.76 bits per heavy atom. The molecule has 3 rings (SSSR count). The number of aromatic nitrogens is 2. The lowest BCUT2D eigenvalue weighted by molar-refractivity contribution is 1.23. The van der Waals surface area contributed by atoms with Gasteiger partial charge < -0.3 is 0 Å². The third-order valence-electron chi connectivity index (χ3n) is 3.16. The van der Waals surface area contributed by atoms with Gasteiger partial charge in [0.05, 0.1) is 11.7 Å². The molecule has 0 bridgehead atoms. The molecule has 2 aromatic heterocycles. The second-order valence-corrected chi connectivity index (χ2v) is 7.29. The Labute approximate surface area is 137 Å². The minimum Gasteiger partial charge on any atom is -0.172 e. The molecule has 0 unspecified atom stereocenters. The second kappa shape index (κ2) is 6.73. The van der Waals surface area contributed by atoms with E-state index in [0.29, 0.717) is 0 Å². The van der Waals surface area contributed by atoms with Crippen LogP contribution >= 0.6 is 34.8 Å². The molecule has 1 aromatic carbocycles. The third kappa shape index (κ3) is 2.91. The van der Waals surface area contributed by atoms with Crippen LogP contribution in [0.5, 0.6) is 0 Å². The van der Waals surface area contributed by atoms with Gasteiger partial charge >= 0.3 is 0 Å². The van der Waals surface area contributed by atoms with Gasteiger partial charge in [-0.15, -0.1) is 23.1 Å². The van der Waals surface area contributed by atoms with Crippen LogP contribution in [0.3, 0.4) is 0 Å². The maximum Gasteiger partial charge on any atom is 0.114 e. The van der Waals surface area contributed by atoms with Crippen LogP contribution in [0.15, 0.2) is 35.7 Å². The van der Waals surface area contributed by atoms with Gasteiger partial charge in [-0.05, 0) is 23.6 Å². The molecule has 0 atom stereocenters. The normalized spacial score (nSPS) is 12.2. The van der Waals surface area contributed by atoms with Gasteiger partial charge in [0.15, 0.2) is 0 Å². The van der Waals surface area contributed by atoms with Crippen LogP contribution in [-0.4, -0.2) is 14.5 Å². The molecule has 0 spiro atoms. The van der Waals surface area contributed by atoms with E-state index in [-0.39, 0.29) is 0 Å². The maximum absolute atomic E-state index is 4.56. The van der Waals surface area contributed by atoms with Gasteiger partial charge in [-0.2, -0.15) is 8.75 Å². The van der Waals surface area contributed by atoms with Crippen LogP contribution in [0.25, 0.3) is 26.4 Å². The molecule has 0 fully saturated rings. The molecule has 2 nitrogen and oxygen atoms in total. The fourth-order valence-corrected chi connectivity index (χ4v) is 4.53. The summed E-state index contributed by atoms with van der Waals surface area (Å²) in [5.74, 6) is 1.07. The number of hydrogen-bond donors (Lipinski definition) is 0. The molecular weight excluding hydrogens is 316 g/mol. The number of hydrogen-bond acceptors (Lipinski definition) is 5. The lowest BCUT2D eigenvalue weighted by Gasteiger charge is -2.08. The number of benzene rings is 1. The molecule has 0 aliphatic rings. The number of fused-ring (bicyclic) bond motifs is 1. The molecule has 0 N–H and O–H groups in total. The molecule has 108 valence electrons. The van der Waals surface area contributed by atoms with Gasteiger partial charge in [0.25, 0.3) is 0 Å². The van der Waals surface area contributed by atoms with Crippen molar-refractivity contribution in [2.75, 3.05) is 5.75 Å². The van der Waals surface area contributed by atoms with Crippen LogP contribution in [0.1, 0.15) is 25.8 Å². The fraction of sp³-hybridized carbons (Fsp3) is 0.250. The quantitative estimate of drug-likeness (QED) is 0.579. The summed E-state index contributed by atoms with van der Waals surface area (Å²) < 4.78 is 9.09. The van der Waals surface area contributed by atoms with Crippen LogP contribution in [0.4, 0.5) is 0 Å². The highest BCUT2D eigenvalue weighted by Gasteiger charge is 2.14. The molecule has 3 aromatic rings. The van der Waals surface area contributed by atoms with E-state index in [9.17, 15) is 0 Å². The van der Waals surface area contributed by atoms with Crippen molar-refractivity contribution in [1.29, 1.82) is 0 Å². The van der Waals surface area contributed by atoms with Crippen molar-refractivity contribution in [3.63, 3.8) is 0 Å². The van der Waals surface area contributed by atoms with Crippen molar-refractivity contribution >= 4 is 50.8 Å². The largest absolute Gasteiger partial charge is 0.172 e. The molecule has 2 heterocycles. The lowest BCUT2D eigenvalue weighted by Crippen LogP contribution is -1.87. The van der Waals surface area contributed by atoms with E-state index in [1.807, 2.05) is 11.8 Å². The smallest absolute Gasteiger partial charge is 0.114 e. The van der Waals surface area contributed by atoms with E-state index in [1.165, 1.54) is 32.6 Å². The number of allylic oxidation sites excluding steroid dienone is 1. The van der Waals surface area contributed by atoms with E-state index in [2.05, 4.69) is 58.3 Å². The van der Waals surface area contributed by atoms with Crippen LogP contribution < -0.4 is 0 Å². The molecule has 0 aliphatic carbocycles. The number of nitrogens with zero attached hydrogens (tertiary/aromatic N) is 2. The summed E-state index contributed by atoms with van der Waals surface area (Å²) >= 11 is 4.92. The number of rotatable bonds is 5. The Balaban J connectivity index is 2.17. The summed E-state index contributed by atoms with van der Waals surface area (Å²) in [5, 5.41) is 2.10. The van der Waals surface area contributed by atoms with Gasteiger partial charge in [0.2, 0.25) is 0 Å². The molecule has 5 heteroatoms. The van der Waals surface area contributed by atoms with Crippen molar-refractivity contribution in [2.45, 2.75) is 20.3 Å². The maximum atomic E-state index is 4.56. The van der Waals surface area contributed by atoms with Crippen LogP contribution in [-0.2, 0) is 0 Å². The van der Waals surface area contributed by atoms with Gasteiger partial charge in [-0.1, -0.05) is 38.1 Å². The molecular formula is C16H16N2S3. The number of thiophene rings is 1. The molecule has 0 saturated heterocycles. The van der Waals surface area contributed by atoms with Crippen molar-refractivity contribution < 1.29 is 0 Å². The standard InChI is InChI=1S/C16H16N2S3/c1-3-6-13(19-4-2)11-8-9-12(14-7-5-10-20-14)16-15(11)17-21-18-16/h5-10H,3-4H2,1-2H3/b13-6-. The highest BCUT2D eigenvalue weighted by molar-refractivity contribution is 8.08. The SMILES string of the molecule is CC/C=C(\SCC)c1ccc(-c2cccs2)c2nsnc12. The van der Waals surface area contributed by atoms with Crippen molar-refractivity contribution in [1.82, 2.24) is 8.75 Å². The summed E-state index contributed by atoms with van der Waals surface area (Å²) in [6, 6.07) is 8.60. The van der Waals surface area contributed by atoms with Crippen molar-refractivity contribution in [3.8, 4) is 10.4 Å². The van der Waals surface area contributed by atoms with Gasteiger partial charge in [-0.25, -0.2) is 0 Å². The zero-order valence-corrected chi connectivity index (χ0v) is 14.4. The second-order valence-electron chi connectivity index (χ2n) is 4.51.